The van der Waals surface area contributed by atoms with Crippen LogP contribution >= 0.6 is 23.1 Å². The van der Waals surface area contributed by atoms with Crippen LogP contribution in [-0.2, 0) is 4.79 Å². The molecule has 1 N–H and O–H groups in total. The Hall–Kier alpha value is -2.52. The normalized spacial score (nSPS) is 11.3. The molecule has 0 spiro atoms. The van der Waals surface area contributed by atoms with Gasteiger partial charge in [0, 0.05) is 0 Å². The van der Waals surface area contributed by atoms with Gasteiger partial charge in [-0.2, -0.15) is 0 Å². The first-order valence-electron chi connectivity index (χ1n) is 7.23. The Morgan fingerprint density at radius 2 is 1.88 bits per heavy atom. The monoisotopic (exact) mass is 376 g/mol. The molecule has 25 heavy (non-hydrogen) atoms. The minimum absolute atomic E-state index is 0.0429. The minimum Gasteiger partial charge on any atom is -0.320 e. The summed E-state index contributed by atoms with van der Waals surface area (Å²) in [5.41, 5.74) is 0.510. The van der Waals surface area contributed by atoms with Gasteiger partial charge in [0.25, 0.3) is 0 Å². The average molecular weight is 376 g/mol. The Kier molecular flexibility index (Phi) is 4.10. The van der Waals surface area contributed by atoms with Gasteiger partial charge in [-0.05, 0) is 24.3 Å². The summed E-state index contributed by atoms with van der Waals surface area (Å²) in [6.07, 6.45) is 0. The van der Waals surface area contributed by atoms with E-state index in [1.165, 1.54) is 17.4 Å². The molecule has 0 radical (unpaired) electrons. The fourth-order valence-electron chi connectivity index (χ4n) is 2.37. The number of anilines is 1. The molecule has 1 amide bonds. The number of carbonyl (C=O) groups is 1. The van der Waals surface area contributed by atoms with E-state index in [0.717, 1.165) is 39.1 Å². The van der Waals surface area contributed by atoms with Crippen LogP contribution in [0.15, 0.2) is 47.6 Å². The number of halogens is 2. The van der Waals surface area contributed by atoms with Gasteiger partial charge in [-0.15, -0.1) is 10.2 Å². The second kappa shape index (κ2) is 6.41. The topological polar surface area (TPSA) is 59.3 Å². The highest BCUT2D eigenvalue weighted by atomic mass is 32.2. The van der Waals surface area contributed by atoms with Crippen LogP contribution in [0.3, 0.4) is 0 Å². The lowest BCUT2D eigenvalue weighted by Gasteiger charge is -2.06. The molecule has 2 heterocycles. The molecular weight excluding hydrogens is 366 g/mol. The Morgan fingerprint density at radius 3 is 2.68 bits per heavy atom. The summed E-state index contributed by atoms with van der Waals surface area (Å²) in [6, 6.07) is 11.2. The standard InChI is InChI=1S/C16H10F2N4OS2/c17-9-4-3-5-10(18)14(9)19-13(23)8-24-15-20-21-16-22(15)11-6-1-2-7-12(11)25-16/h1-7H,8H2,(H,19,23). The number of thiazole rings is 1. The Balaban J connectivity index is 1.53. The number of aromatic nitrogens is 3. The molecule has 0 saturated heterocycles. The number of hydrogen-bond acceptors (Lipinski definition) is 5. The molecule has 9 heteroatoms. The van der Waals surface area contributed by atoms with E-state index in [-0.39, 0.29) is 5.75 Å². The maximum Gasteiger partial charge on any atom is 0.235 e. The van der Waals surface area contributed by atoms with E-state index < -0.39 is 23.2 Å². The van der Waals surface area contributed by atoms with E-state index in [1.54, 1.807) is 0 Å². The SMILES string of the molecule is O=C(CSc1nnc2sc3ccccc3n12)Nc1c(F)cccc1F. The van der Waals surface area contributed by atoms with Gasteiger partial charge in [0.1, 0.15) is 17.3 Å². The molecule has 4 aromatic rings. The third kappa shape index (κ3) is 2.96. The minimum atomic E-state index is -0.813. The Labute approximate surface area is 148 Å². The highest BCUT2D eigenvalue weighted by Gasteiger charge is 2.16. The van der Waals surface area contributed by atoms with Crippen LogP contribution in [0.4, 0.5) is 14.5 Å². The van der Waals surface area contributed by atoms with E-state index in [0.29, 0.717) is 5.16 Å². The molecule has 4 rings (SSSR count). The molecule has 2 aromatic heterocycles. The van der Waals surface area contributed by atoms with Crippen LogP contribution in [0, 0.1) is 11.6 Å². The largest absolute Gasteiger partial charge is 0.320 e. The number of amides is 1. The predicted octanol–water partition coefficient (Wildman–Crippen LogP) is 3.95. The first-order valence-corrected chi connectivity index (χ1v) is 9.03. The second-order valence-corrected chi connectivity index (χ2v) is 7.06. The van der Waals surface area contributed by atoms with E-state index in [4.69, 9.17) is 0 Å². The zero-order valence-corrected chi connectivity index (χ0v) is 14.2. The van der Waals surface area contributed by atoms with Gasteiger partial charge in [0.15, 0.2) is 5.16 Å². The lowest BCUT2D eigenvalue weighted by atomic mass is 10.3. The molecule has 0 saturated carbocycles. The van der Waals surface area contributed by atoms with Gasteiger partial charge >= 0.3 is 0 Å². The summed E-state index contributed by atoms with van der Waals surface area (Å²) >= 11 is 2.65. The van der Waals surface area contributed by atoms with Crippen molar-refractivity contribution in [3.05, 3.63) is 54.1 Å². The zero-order valence-electron chi connectivity index (χ0n) is 12.6. The van der Waals surface area contributed by atoms with Crippen molar-refractivity contribution in [2.75, 3.05) is 11.1 Å². The number of nitrogens with one attached hydrogen (secondary N) is 1. The van der Waals surface area contributed by atoms with Crippen molar-refractivity contribution in [2.45, 2.75) is 5.16 Å². The number of benzene rings is 2. The van der Waals surface area contributed by atoms with Crippen molar-refractivity contribution in [3.63, 3.8) is 0 Å². The summed E-state index contributed by atoms with van der Waals surface area (Å²) in [5, 5.41) is 11.0. The first kappa shape index (κ1) is 16.0. The fraction of sp³-hybridized carbons (Fsp3) is 0.0625. The van der Waals surface area contributed by atoms with E-state index in [9.17, 15) is 13.6 Å². The summed E-state index contributed by atoms with van der Waals surface area (Å²) < 4.78 is 30.1. The smallest absolute Gasteiger partial charge is 0.235 e. The molecule has 0 aliphatic carbocycles. The van der Waals surface area contributed by atoms with Crippen LogP contribution in [0.5, 0.6) is 0 Å². The number of nitrogens with zero attached hydrogens (tertiary/aromatic N) is 3. The lowest BCUT2D eigenvalue weighted by Crippen LogP contribution is -2.16. The van der Waals surface area contributed by atoms with Crippen LogP contribution in [0.2, 0.25) is 0 Å². The first-order chi connectivity index (χ1) is 12.1. The third-order valence-corrected chi connectivity index (χ3v) is 5.41. The van der Waals surface area contributed by atoms with Gasteiger partial charge in [0.2, 0.25) is 10.9 Å². The van der Waals surface area contributed by atoms with Gasteiger partial charge in [0.05, 0.1) is 16.0 Å². The highest BCUT2D eigenvalue weighted by Crippen LogP contribution is 2.29. The van der Waals surface area contributed by atoms with Gasteiger partial charge in [-0.1, -0.05) is 41.3 Å². The van der Waals surface area contributed by atoms with Gasteiger partial charge < -0.3 is 5.32 Å². The maximum atomic E-state index is 13.6. The summed E-state index contributed by atoms with van der Waals surface area (Å²) in [4.78, 5) is 12.8. The van der Waals surface area contributed by atoms with Crippen LogP contribution in [-0.4, -0.2) is 26.3 Å². The summed E-state index contributed by atoms with van der Waals surface area (Å²) in [5.74, 6) is -2.19. The number of para-hydroxylation sites is 2. The molecule has 0 bridgehead atoms. The van der Waals surface area contributed by atoms with Crippen LogP contribution in [0.25, 0.3) is 15.2 Å². The molecule has 0 aliphatic rings. The Morgan fingerprint density at radius 1 is 1.12 bits per heavy atom. The van der Waals surface area contributed by atoms with E-state index in [2.05, 4.69) is 15.5 Å². The molecule has 0 fully saturated rings. The lowest BCUT2D eigenvalue weighted by molar-refractivity contribution is -0.113. The molecule has 0 atom stereocenters. The molecular formula is C16H10F2N4OS2. The second-order valence-electron chi connectivity index (χ2n) is 5.10. The maximum absolute atomic E-state index is 13.6. The molecule has 5 nitrogen and oxygen atoms in total. The number of carbonyl (C=O) groups excluding carboxylic acids is 1. The van der Waals surface area contributed by atoms with Crippen LogP contribution in [0.1, 0.15) is 0 Å². The molecule has 126 valence electrons. The van der Waals surface area contributed by atoms with Crippen LogP contribution < -0.4 is 5.32 Å². The highest BCUT2D eigenvalue weighted by molar-refractivity contribution is 7.99. The van der Waals surface area contributed by atoms with Crippen molar-refractivity contribution in [1.82, 2.24) is 14.6 Å². The van der Waals surface area contributed by atoms with Crippen molar-refractivity contribution in [3.8, 4) is 0 Å². The average Bonchev–Trinajstić information content (AvgIpc) is 3.15. The molecule has 0 aliphatic heterocycles. The third-order valence-electron chi connectivity index (χ3n) is 3.47. The zero-order chi connectivity index (χ0) is 17.4. The van der Waals surface area contributed by atoms with Crippen molar-refractivity contribution in [2.24, 2.45) is 0 Å². The summed E-state index contributed by atoms with van der Waals surface area (Å²) in [7, 11) is 0. The fourth-order valence-corrected chi connectivity index (χ4v) is 4.14. The summed E-state index contributed by atoms with van der Waals surface area (Å²) in [6.45, 7) is 0. The van der Waals surface area contributed by atoms with Crippen molar-refractivity contribution < 1.29 is 13.6 Å². The van der Waals surface area contributed by atoms with Crippen molar-refractivity contribution >= 4 is 49.9 Å². The number of hydrogen-bond donors (Lipinski definition) is 1. The Bertz CT molecular complexity index is 1070. The van der Waals surface area contributed by atoms with E-state index >= 15 is 0 Å². The number of thioether (sulfide) groups is 1. The van der Waals surface area contributed by atoms with E-state index in [1.807, 2.05) is 28.7 Å². The number of rotatable bonds is 4. The molecule has 0 unspecified atom stereocenters. The molecule has 2 aromatic carbocycles. The predicted molar refractivity (Wildman–Crippen MR) is 94.1 cm³/mol. The van der Waals surface area contributed by atoms with Gasteiger partial charge in [-0.25, -0.2) is 8.78 Å². The van der Waals surface area contributed by atoms with Crippen molar-refractivity contribution in [1.29, 1.82) is 0 Å². The van der Waals surface area contributed by atoms with Gasteiger partial charge in [-0.3, -0.25) is 9.20 Å². The quantitative estimate of drug-likeness (QED) is 0.548. The number of fused-ring (bicyclic) bond motifs is 3.